The maximum atomic E-state index is 11.4. The lowest BCUT2D eigenvalue weighted by molar-refractivity contribution is -0.120. The predicted octanol–water partition coefficient (Wildman–Crippen LogP) is 1.20. The van der Waals surface area contributed by atoms with E-state index in [0.717, 1.165) is 25.2 Å². The topological polar surface area (TPSA) is 58.4 Å². The van der Waals surface area contributed by atoms with Crippen LogP contribution < -0.4 is 11.3 Å². The van der Waals surface area contributed by atoms with Gasteiger partial charge in [0, 0.05) is 6.54 Å². The Morgan fingerprint density at radius 3 is 2.50 bits per heavy atom. The van der Waals surface area contributed by atoms with Gasteiger partial charge in [-0.2, -0.15) is 0 Å². The second kappa shape index (κ2) is 6.52. The van der Waals surface area contributed by atoms with E-state index in [4.69, 9.17) is 5.84 Å². The van der Waals surface area contributed by atoms with Crippen molar-refractivity contribution in [3.63, 3.8) is 0 Å². The quantitative estimate of drug-likeness (QED) is 0.477. The molecule has 1 aliphatic rings. The minimum absolute atomic E-state index is 0.138. The van der Waals surface area contributed by atoms with Gasteiger partial charge in [0.05, 0.1) is 6.42 Å². The molecule has 0 radical (unpaired) electrons. The summed E-state index contributed by atoms with van der Waals surface area (Å²) in [5.41, 5.74) is 4.51. The minimum Gasteiger partial charge on any atom is -0.299 e. The van der Waals surface area contributed by atoms with Gasteiger partial charge < -0.3 is 0 Å². The number of hydrazine groups is 1. The lowest BCUT2D eigenvalue weighted by atomic mass is 10.0. The second-order valence-electron chi connectivity index (χ2n) is 4.85. The number of hydrogen-bond donors (Lipinski definition) is 2. The molecule has 0 aliphatic carbocycles. The maximum absolute atomic E-state index is 11.4. The lowest BCUT2D eigenvalue weighted by Gasteiger charge is -2.27. The van der Waals surface area contributed by atoms with Crippen LogP contribution in [-0.2, 0) is 17.8 Å². The Morgan fingerprint density at radius 1 is 1.17 bits per heavy atom. The summed E-state index contributed by atoms with van der Waals surface area (Å²) in [4.78, 5) is 13.8. The van der Waals surface area contributed by atoms with Crippen molar-refractivity contribution >= 4 is 5.91 Å². The number of benzene rings is 1. The fraction of sp³-hybridized carbons (Fsp3) is 0.500. The van der Waals surface area contributed by atoms with Crippen molar-refractivity contribution in [2.45, 2.75) is 32.2 Å². The third-order valence-electron chi connectivity index (χ3n) is 3.47. The summed E-state index contributed by atoms with van der Waals surface area (Å²) in [6.45, 7) is 3.27. The largest absolute Gasteiger partial charge is 0.299 e. The molecule has 1 aliphatic heterocycles. The number of nitrogens with two attached hydrogens (primary N) is 1. The molecule has 1 fully saturated rings. The van der Waals surface area contributed by atoms with Crippen molar-refractivity contribution in [1.29, 1.82) is 0 Å². The van der Waals surface area contributed by atoms with Crippen LogP contribution in [0.15, 0.2) is 24.3 Å². The van der Waals surface area contributed by atoms with Gasteiger partial charge >= 0.3 is 0 Å². The molecule has 98 valence electrons. The van der Waals surface area contributed by atoms with Crippen molar-refractivity contribution in [2.24, 2.45) is 5.84 Å². The average Bonchev–Trinajstić information content (AvgIpc) is 2.42. The molecule has 0 atom stereocenters. The summed E-state index contributed by atoms with van der Waals surface area (Å²) < 4.78 is 0. The van der Waals surface area contributed by atoms with Crippen molar-refractivity contribution in [3.05, 3.63) is 35.4 Å². The number of piperidine rings is 1. The van der Waals surface area contributed by atoms with Gasteiger partial charge in [0.25, 0.3) is 0 Å². The molecule has 1 amide bonds. The Morgan fingerprint density at radius 2 is 1.83 bits per heavy atom. The lowest BCUT2D eigenvalue weighted by Crippen LogP contribution is -2.32. The van der Waals surface area contributed by atoms with Gasteiger partial charge in [0.15, 0.2) is 0 Å². The van der Waals surface area contributed by atoms with E-state index in [9.17, 15) is 4.79 Å². The Kier molecular flexibility index (Phi) is 4.73. The normalized spacial score (nSPS) is 16.5. The van der Waals surface area contributed by atoms with Gasteiger partial charge in [-0.25, -0.2) is 5.84 Å². The summed E-state index contributed by atoms with van der Waals surface area (Å²) in [5, 5.41) is 0. The highest BCUT2D eigenvalue weighted by molar-refractivity contribution is 5.78. The van der Waals surface area contributed by atoms with Gasteiger partial charge in [0.2, 0.25) is 5.91 Å². The van der Waals surface area contributed by atoms with E-state index < -0.39 is 0 Å². The van der Waals surface area contributed by atoms with Crippen LogP contribution in [0.4, 0.5) is 0 Å². The number of nitrogens with one attached hydrogen (secondary N) is 1. The van der Waals surface area contributed by atoms with Crippen molar-refractivity contribution in [3.8, 4) is 0 Å². The fourth-order valence-electron chi connectivity index (χ4n) is 2.47. The first-order valence-corrected chi connectivity index (χ1v) is 6.58. The third kappa shape index (κ3) is 3.55. The van der Waals surface area contributed by atoms with Crippen LogP contribution in [0.5, 0.6) is 0 Å². The average molecular weight is 247 g/mol. The zero-order valence-electron chi connectivity index (χ0n) is 10.7. The number of carbonyl (C=O) groups excluding carboxylic acids is 1. The molecule has 4 nitrogen and oxygen atoms in total. The zero-order valence-corrected chi connectivity index (χ0v) is 10.7. The molecule has 18 heavy (non-hydrogen) atoms. The molecule has 1 aromatic carbocycles. The SMILES string of the molecule is NNC(=O)Cc1ccccc1CN1CCCCC1. The Balaban J connectivity index is 2.04. The van der Waals surface area contributed by atoms with E-state index in [2.05, 4.69) is 16.4 Å². The number of rotatable bonds is 4. The van der Waals surface area contributed by atoms with Gasteiger partial charge in [0.1, 0.15) is 0 Å². The Labute approximate surface area is 108 Å². The predicted molar refractivity (Wildman–Crippen MR) is 71.6 cm³/mol. The third-order valence-corrected chi connectivity index (χ3v) is 3.47. The molecule has 0 aromatic heterocycles. The fourth-order valence-corrected chi connectivity index (χ4v) is 2.47. The number of amides is 1. The first-order valence-electron chi connectivity index (χ1n) is 6.58. The van der Waals surface area contributed by atoms with Crippen molar-refractivity contribution in [2.75, 3.05) is 13.1 Å². The highest BCUT2D eigenvalue weighted by Gasteiger charge is 2.13. The van der Waals surface area contributed by atoms with E-state index in [1.807, 2.05) is 18.2 Å². The van der Waals surface area contributed by atoms with Crippen molar-refractivity contribution in [1.82, 2.24) is 10.3 Å². The Bertz CT molecular complexity index is 400. The monoisotopic (exact) mass is 247 g/mol. The molecular weight excluding hydrogens is 226 g/mol. The molecule has 4 heteroatoms. The molecule has 0 bridgehead atoms. The number of likely N-dealkylation sites (tertiary alicyclic amines) is 1. The standard InChI is InChI=1S/C14H21N3O/c15-16-14(18)10-12-6-2-3-7-13(12)11-17-8-4-1-5-9-17/h2-3,6-7H,1,4-5,8-11,15H2,(H,16,18). The number of nitrogens with zero attached hydrogens (tertiary/aromatic N) is 1. The highest BCUT2D eigenvalue weighted by atomic mass is 16.2. The minimum atomic E-state index is -0.138. The van der Waals surface area contributed by atoms with E-state index in [0.29, 0.717) is 6.42 Å². The second-order valence-corrected chi connectivity index (χ2v) is 4.85. The molecule has 1 heterocycles. The summed E-state index contributed by atoms with van der Waals surface area (Å²) in [6.07, 6.45) is 4.27. The maximum Gasteiger partial charge on any atom is 0.238 e. The summed E-state index contributed by atoms with van der Waals surface area (Å²) >= 11 is 0. The number of hydrogen-bond acceptors (Lipinski definition) is 3. The molecule has 2 rings (SSSR count). The molecular formula is C14H21N3O. The van der Waals surface area contributed by atoms with Crippen LogP contribution >= 0.6 is 0 Å². The molecule has 0 spiro atoms. The zero-order chi connectivity index (χ0) is 12.8. The van der Waals surface area contributed by atoms with E-state index in [-0.39, 0.29) is 5.91 Å². The molecule has 1 saturated heterocycles. The number of carbonyl (C=O) groups is 1. The summed E-state index contributed by atoms with van der Waals surface area (Å²) in [5.74, 6) is 5.01. The smallest absolute Gasteiger partial charge is 0.238 e. The Hall–Kier alpha value is -1.39. The van der Waals surface area contributed by atoms with E-state index in [1.54, 1.807) is 0 Å². The van der Waals surface area contributed by atoms with Gasteiger partial charge in [-0.05, 0) is 37.1 Å². The highest BCUT2D eigenvalue weighted by Crippen LogP contribution is 2.16. The molecule has 1 aromatic rings. The molecule has 0 unspecified atom stereocenters. The van der Waals surface area contributed by atoms with Gasteiger partial charge in [-0.1, -0.05) is 30.7 Å². The van der Waals surface area contributed by atoms with Gasteiger partial charge in [-0.15, -0.1) is 0 Å². The van der Waals surface area contributed by atoms with Crippen LogP contribution in [-0.4, -0.2) is 23.9 Å². The van der Waals surface area contributed by atoms with Crippen LogP contribution in [0.2, 0.25) is 0 Å². The van der Waals surface area contributed by atoms with E-state index in [1.165, 1.54) is 24.8 Å². The summed E-state index contributed by atoms with van der Waals surface area (Å²) in [6, 6.07) is 8.12. The van der Waals surface area contributed by atoms with Gasteiger partial charge in [-0.3, -0.25) is 15.1 Å². The first-order chi connectivity index (χ1) is 8.79. The van der Waals surface area contributed by atoms with Crippen LogP contribution in [0, 0.1) is 0 Å². The first kappa shape index (κ1) is 13.1. The van der Waals surface area contributed by atoms with Crippen LogP contribution in [0.3, 0.4) is 0 Å². The molecule has 0 saturated carbocycles. The van der Waals surface area contributed by atoms with E-state index >= 15 is 0 Å². The van der Waals surface area contributed by atoms with Crippen LogP contribution in [0.25, 0.3) is 0 Å². The molecule has 3 N–H and O–H groups in total. The summed E-state index contributed by atoms with van der Waals surface area (Å²) in [7, 11) is 0. The van der Waals surface area contributed by atoms with Crippen molar-refractivity contribution < 1.29 is 4.79 Å². The van der Waals surface area contributed by atoms with Crippen LogP contribution in [0.1, 0.15) is 30.4 Å².